The summed E-state index contributed by atoms with van der Waals surface area (Å²) in [6.45, 7) is 3.95. The predicted molar refractivity (Wildman–Crippen MR) is 80.1 cm³/mol. The molecule has 1 aromatic carbocycles. The van der Waals surface area contributed by atoms with Gasteiger partial charge >= 0.3 is 0 Å². The van der Waals surface area contributed by atoms with E-state index in [1.165, 1.54) is 16.9 Å². The SMILES string of the molecule is Cc1ccc(C2CN(C(=O)c3cccs3)CCO2)cc1. The van der Waals surface area contributed by atoms with Gasteiger partial charge in [-0.15, -0.1) is 11.3 Å². The largest absolute Gasteiger partial charge is 0.370 e. The third kappa shape index (κ3) is 2.76. The van der Waals surface area contributed by atoms with Crippen molar-refractivity contribution in [3.8, 4) is 0 Å². The summed E-state index contributed by atoms with van der Waals surface area (Å²) < 4.78 is 5.81. The Kier molecular flexibility index (Phi) is 3.85. The minimum atomic E-state index is -0.0201. The zero-order valence-corrected chi connectivity index (χ0v) is 12.2. The highest BCUT2D eigenvalue weighted by Gasteiger charge is 2.26. The van der Waals surface area contributed by atoms with Gasteiger partial charge in [-0.3, -0.25) is 4.79 Å². The first-order valence-corrected chi connectivity index (χ1v) is 7.63. The highest BCUT2D eigenvalue weighted by atomic mass is 32.1. The zero-order valence-electron chi connectivity index (χ0n) is 11.4. The highest BCUT2D eigenvalue weighted by Crippen LogP contribution is 2.24. The van der Waals surface area contributed by atoms with Crippen LogP contribution in [0, 0.1) is 6.92 Å². The standard InChI is InChI=1S/C16H17NO2S/c1-12-4-6-13(7-5-12)14-11-17(8-9-19-14)16(18)15-3-2-10-20-15/h2-7,10,14H,8-9,11H2,1H3. The second-order valence-corrected chi connectivity index (χ2v) is 5.95. The fourth-order valence-electron chi connectivity index (χ4n) is 2.37. The van der Waals surface area contributed by atoms with E-state index in [0.29, 0.717) is 19.7 Å². The van der Waals surface area contributed by atoms with Gasteiger partial charge in [-0.25, -0.2) is 0 Å². The molecule has 3 nitrogen and oxygen atoms in total. The van der Waals surface area contributed by atoms with Crippen LogP contribution < -0.4 is 0 Å². The van der Waals surface area contributed by atoms with Crippen LogP contribution in [0.2, 0.25) is 0 Å². The van der Waals surface area contributed by atoms with Crippen molar-refractivity contribution in [2.75, 3.05) is 19.7 Å². The predicted octanol–water partition coefficient (Wildman–Crippen LogP) is 3.27. The summed E-state index contributed by atoms with van der Waals surface area (Å²) in [4.78, 5) is 15.1. The molecular formula is C16H17NO2S. The molecule has 0 spiro atoms. The van der Waals surface area contributed by atoms with Crippen LogP contribution in [0.1, 0.15) is 26.9 Å². The molecule has 3 rings (SSSR count). The Morgan fingerprint density at radius 1 is 1.30 bits per heavy atom. The van der Waals surface area contributed by atoms with Crippen LogP contribution in [0.4, 0.5) is 0 Å². The van der Waals surface area contributed by atoms with Crippen LogP contribution in [0.3, 0.4) is 0 Å². The number of hydrogen-bond acceptors (Lipinski definition) is 3. The summed E-state index contributed by atoms with van der Waals surface area (Å²) in [7, 11) is 0. The fraction of sp³-hybridized carbons (Fsp3) is 0.312. The molecule has 4 heteroatoms. The first kappa shape index (κ1) is 13.3. The van der Waals surface area contributed by atoms with Gasteiger partial charge in [0.05, 0.1) is 18.0 Å². The van der Waals surface area contributed by atoms with Crippen molar-refractivity contribution < 1.29 is 9.53 Å². The maximum absolute atomic E-state index is 12.4. The molecule has 1 aliphatic rings. The number of rotatable bonds is 2. The molecule has 1 aromatic heterocycles. The van der Waals surface area contributed by atoms with E-state index < -0.39 is 0 Å². The van der Waals surface area contributed by atoms with E-state index in [4.69, 9.17) is 4.74 Å². The topological polar surface area (TPSA) is 29.5 Å². The molecule has 0 radical (unpaired) electrons. The lowest BCUT2D eigenvalue weighted by atomic mass is 10.1. The van der Waals surface area contributed by atoms with Crippen molar-refractivity contribution in [2.24, 2.45) is 0 Å². The van der Waals surface area contributed by atoms with Crippen LogP contribution in [-0.2, 0) is 4.74 Å². The third-order valence-electron chi connectivity index (χ3n) is 3.53. The lowest BCUT2D eigenvalue weighted by Crippen LogP contribution is -2.42. The number of carbonyl (C=O) groups excluding carboxylic acids is 1. The van der Waals surface area contributed by atoms with Crippen molar-refractivity contribution >= 4 is 17.2 Å². The van der Waals surface area contributed by atoms with E-state index in [0.717, 1.165) is 10.4 Å². The average molecular weight is 287 g/mol. The van der Waals surface area contributed by atoms with Crippen molar-refractivity contribution in [1.82, 2.24) is 4.90 Å². The quantitative estimate of drug-likeness (QED) is 0.848. The lowest BCUT2D eigenvalue weighted by molar-refractivity contribution is -0.0226. The summed E-state index contributed by atoms with van der Waals surface area (Å²) in [5.74, 6) is 0.111. The Morgan fingerprint density at radius 3 is 2.80 bits per heavy atom. The van der Waals surface area contributed by atoms with Crippen LogP contribution in [0.5, 0.6) is 0 Å². The molecule has 2 heterocycles. The number of thiophene rings is 1. The highest BCUT2D eigenvalue weighted by molar-refractivity contribution is 7.12. The maximum atomic E-state index is 12.4. The Balaban J connectivity index is 1.73. The smallest absolute Gasteiger partial charge is 0.264 e. The van der Waals surface area contributed by atoms with E-state index in [1.807, 2.05) is 22.4 Å². The Morgan fingerprint density at radius 2 is 2.10 bits per heavy atom. The molecule has 1 unspecified atom stereocenters. The number of ether oxygens (including phenoxy) is 1. The first-order valence-electron chi connectivity index (χ1n) is 6.75. The van der Waals surface area contributed by atoms with E-state index in [2.05, 4.69) is 31.2 Å². The number of amides is 1. The summed E-state index contributed by atoms with van der Waals surface area (Å²) >= 11 is 1.49. The molecule has 1 saturated heterocycles. The van der Waals surface area contributed by atoms with Gasteiger partial charge in [-0.1, -0.05) is 35.9 Å². The number of hydrogen-bond donors (Lipinski definition) is 0. The summed E-state index contributed by atoms with van der Waals surface area (Å²) in [6.07, 6.45) is -0.0201. The molecule has 0 aliphatic carbocycles. The second kappa shape index (κ2) is 5.77. The second-order valence-electron chi connectivity index (χ2n) is 5.00. The molecule has 1 aliphatic heterocycles. The van der Waals surface area contributed by atoms with Gasteiger partial charge in [0.25, 0.3) is 5.91 Å². The third-order valence-corrected chi connectivity index (χ3v) is 4.39. The monoisotopic (exact) mass is 287 g/mol. The van der Waals surface area contributed by atoms with Crippen LogP contribution in [0.15, 0.2) is 41.8 Å². The number of benzene rings is 1. The lowest BCUT2D eigenvalue weighted by Gasteiger charge is -2.33. The minimum absolute atomic E-state index is 0.0201. The number of nitrogens with zero attached hydrogens (tertiary/aromatic N) is 1. The van der Waals surface area contributed by atoms with Crippen molar-refractivity contribution in [1.29, 1.82) is 0 Å². The van der Waals surface area contributed by atoms with Gasteiger partial charge in [0.2, 0.25) is 0 Å². The van der Waals surface area contributed by atoms with E-state index in [1.54, 1.807) is 0 Å². The van der Waals surface area contributed by atoms with Gasteiger partial charge < -0.3 is 9.64 Å². The van der Waals surface area contributed by atoms with Crippen molar-refractivity contribution in [3.63, 3.8) is 0 Å². The van der Waals surface area contributed by atoms with Crippen LogP contribution in [-0.4, -0.2) is 30.5 Å². The minimum Gasteiger partial charge on any atom is -0.370 e. The molecule has 1 amide bonds. The Hall–Kier alpha value is -1.65. The van der Waals surface area contributed by atoms with E-state index in [-0.39, 0.29) is 12.0 Å². The number of carbonyl (C=O) groups is 1. The Bertz CT molecular complexity index is 577. The zero-order chi connectivity index (χ0) is 13.9. The molecule has 0 saturated carbocycles. The van der Waals surface area contributed by atoms with Crippen molar-refractivity contribution in [2.45, 2.75) is 13.0 Å². The summed E-state index contributed by atoms with van der Waals surface area (Å²) in [5.41, 5.74) is 2.37. The average Bonchev–Trinajstić information content (AvgIpc) is 3.01. The Labute approximate surface area is 122 Å². The van der Waals surface area contributed by atoms with Gasteiger partial charge in [0.15, 0.2) is 0 Å². The molecule has 1 atom stereocenters. The van der Waals surface area contributed by atoms with E-state index >= 15 is 0 Å². The maximum Gasteiger partial charge on any atom is 0.264 e. The molecular weight excluding hydrogens is 270 g/mol. The van der Waals surface area contributed by atoms with Crippen LogP contribution in [0.25, 0.3) is 0 Å². The van der Waals surface area contributed by atoms with Crippen molar-refractivity contribution in [3.05, 3.63) is 57.8 Å². The molecule has 1 fully saturated rings. The van der Waals surface area contributed by atoms with Crippen LogP contribution >= 0.6 is 11.3 Å². The molecule has 104 valence electrons. The summed E-state index contributed by atoms with van der Waals surface area (Å²) in [6, 6.07) is 12.1. The fourth-order valence-corrected chi connectivity index (χ4v) is 3.06. The molecule has 0 N–H and O–H groups in total. The van der Waals surface area contributed by atoms with Gasteiger partial charge in [-0.2, -0.15) is 0 Å². The molecule has 2 aromatic rings. The van der Waals surface area contributed by atoms with Gasteiger partial charge in [0, 0.05) is 6.54 Å². The van der Waals surface area contributed by atoms with E-state index in [9.17, 15) is 4.79 Å². The van der Waals surface area contributed by atoms with Gasteiger partial charge in [-0.05, 0) is 23.9 Å². The molecule has 0 bridgehead atoms. The normalized spacial score (nSPS) is 19.1. The summed E-state index contributed by atoms with van der Waals surface area (Å²) in [5, 5.41) is 1.94. The number of aryl methyl sites for hydroxylation is 1. The van der Waals surface area contributed by atoms with Gasteiger partial charge in [0.1, 0.15) is 6.10 Å². The molecule has 20 heavy (non-hydrogen) atoms. The number of morpholine rings is 1. The first-order chi connectivity index (χ1) is 9.74.